The Bertz CT molecular complexity index is 174. The Labute approximate surface area is 108 Å². The largest absolute Gasteiger partial charge is 0.378 e. The highest BCUT2D eigenvalue weighted by Gasteiger charge is 2.17. The summed E-state index contributed by atoms with van der Waals surface area (Å²) in [7, 11) is 0. The number of nitrogens with one attached hydrogen (secondary N) is 1. The van der Waals surface area contributed by atoms with Crippen LogP contribution in [-0.4, -0.2) is 25.3 Å². The second kappa shape index (κ2) is 8.93. The molecule has 0 spiro atoms. The van der Waals surface area contributed by atoms with Crippen molar-refractivity contribution in [2.45, 2.75) is 77.9 Å². The molecule has 102 valence electrons. The lowest BCUT2D eigenvalue weighted by Crippen LogP contribution is -2.23. The van der Waals surface area contributed by atoms with Crippen LogP contribution in [0.4, 0.5) is 0 Å². The molecular weight excluding hydrogens is 210 g/mol. The Morgan fingerprint density at radius 2 is 1.76 bits per heavy atom. The van der Waals surface area contributed by atoms with Gasteiger partial charge in [0, 0.05) is 12.6 Å². The van der Waals surface area contributed by atoms with Gasteiger partial charge in [0.25, 0.3) is 0 Å². The van der Waals surface area contributed by atoms with Gasteiger partial charge in [-0.15, -0.1) is 0 Å². The van der Waals surface area contributed by atoms with Crippen LogP contribution in [0, 0.1) is 5.92 Å². The van der Waals surface area contributed by atoms with Crippen molar-refractivity contribution >= 4 is 0 Å². The molecule has 2 nitrogen and oxygen atoms in total. The predicted octanol–water partition coefficient (Wildman–Crippen LogP) is 3.75. The maximum absolute atomic E-state index is 5.94. The Kier molecular flexibility index (Phi) is 7.87. The minimum atomic E-state index is 0.569. The molecule has 1 aliphatic rings. The van der Waals surface area contributed by atoms with Crippen LogP contribution in [0.5, 0.6) is 0 Å². The molecule has 2 heteroatoms. The van der Waals surface area contributed by atoms with Crippen LogP contribution in [0.15, 0.2) is 0 Å². The molecular formula is C15H31NO. The molecule has 0 saturated heterocycles. The third kappa shape index (κ3) is 7.77. The summed E-state index contributed by atoms with van der Waals surface area (Å²) in [5.41, 5.74) is 0. The van der Waals surface area contributed by atoms with Crippen LogP contribution >= 0.6 is 0 Å². The zero-order valence-corrected chi connectivity index (χ0v) is 12.0. The van der Waals surface area contributed by atoms with Crippen molar-refractivity contribution in [3.8, 4) is 0 Å². The molecule has 0 aromatic carbocycles. The van der Waals surface area contributed by atoms with E-state index in [4.69, 9.17) is 4.74 Å². The lowest BCUT2D eigenvalue weighted by atomic mass is 9.89. The number of unbranched alkanes of at least 4 members (excludes halogenated alkanes) is 2. The average molecular weight is 241 g/mol. The zero-order chi connectivity index (χ0) is 12.5. The minimum absolute atomic E-state index is 0.569. The summed E-state index contributed by atoms with van der Waals surface area (Å²) >= 11 is 0. The van der Waals surface area contributed by atoms with E-state index in [0.717, 1.165) is 19.1 Å². The Balaban J connectivity index is 1.84. The molecule has 1 saturated carbocycles. The van der Waals surface area contributed by atoms with Crippen LogP contribution in [-0.2, 0) is 4.74 Å². The molecule has 0 aliphatic heterocycles. The van der Waals surface area contributed by atoms with E-state index in [0.29, 0.717) is 12.1 Å². The Hall–Kier alpha value is -0.0800. The highest BCUT2D eigenvalue weighted by atomic mass is 16.5. The molecule has 1 rings (SSSR count). The van der Waals surface area contributed by atoms with Gasteiger partial charge in [-0.1, -0.05) is 20.8 Å². The smallest absolute Gasteiger partial charge is 0.0575 e. The summed E-state index contributed by atoms with van der Waals surface area (Å²) in [6, 6.07) is 0.621. The lowest BCUT2D eigenvalue weighted by Gasteiger charge is -2.26. The van der Waals surface area contributed by atoms with E-state index in [9.17, 15) is 0 Å². The Morgan fingerprint density at radius 1 is 1.06 bits per heavy atom. The van der Waals surface area contributed by atoms with Crippen LogP contribution in [0.2, 0.25) is 0 Å². The van der Waals surface area contributed by atoms with Crippen LogP contribution < -0.4 is 5.32 Å². The third-order valence-electron chi connectivity index (χ3n) is 3.69. The van der Waals surface area contributed by atoms with E-state index in [1.54, 1.807) is 0 Å². The van der Waals surface area contributed by atoms with Gasteiger partial charge in [0.05, 0.1) is 6.10 Å². The molecule has 0 bridgehead atoms. The quantitative estimate of drug-likeness (QED) is 0.653. The standard InChI is InChI=1S/C15H31NO/c1-13(2)16-11-5-4-6-12-17-15-9-7-14(3)8-10-15/h13-16H,4-12H2,1-3H3. The van der Waals surface area contributed by atoms with Gasteiger partial charge in [-0.3, -0.25) is 0 Å². The summed E-state index contributed by atoms with van der Waals surface area (Å²) in [5, 5.41) is 3.45. The Morgan fingerprint density at radius 3 is 2.41 bits per heavy atom. The minimum Gasteiger partial charge on any atom is -0.378 e. The molecule has 0 atom stereocenters. The van der Waals surface area contributed by atoms with Crippen molar-refractivity contribution < 1.29 is 4.74 Å². The average Bonchev–Trinajstić information content (AvgIpc) is 2.30. The number of hydrogen-bond acceptors (Lipinski definition) is 2. The zero-order valence-electron chi connectivity index (χ0n) is 12.0. The van der Waals surface area contributed by atoms with Crippen LogP contribution in [0.3, 0.4) is 0 Å². The molecule has 0 amide bonds. The van der Waals surface area contributed by atoms with Crippen molar-refractivity contribution in [2.75, 3.05) is 13.2 Å². The molecule has 0 unspecified atom stereocenters. The normalized spacial score (nSPS) is 25.4. The van der Waals surface area contributed by atoms with Gasteiger partial charge in [0.15, 0.2) is 0 Å². The van der Waals surface area contributed by atoms with Crippen molar-refractivity contribution in [1.29, 1.82) is 0 Å². The second-order valence-electron chi connectivity index (χ2n) is 5.92. The van der Waals surface area contributed by atoms with E-state index < -0.39 is 0 Å². The first-order valence-electron chi connectivity index (χ1n) is 7.53. The van der Waals surface area contributed by atoms with Gasteiger partial charge >= 0.3 is 0 Å². The monoisotopic (exact) mass is 241 g/mol. The van der Waals surface area contributed by atoms with Gasteiger partial charge in [-0.2, -0.15) is 0 Å². The van der Waals surface area contributed by atoms with E-state index >= 15 is 0 Å². The molecule has 1 fully saturated rings. The predicted molar refractivity (Wildman–Crippen MR) is 74.4 cm³/mol. The third-order valence-corrected chi connectivity index (χ3v) is 3.69. The van der Waals surface area contributed by atoms with Crippen LogP contribution in [0.1, 0.15) is 65.7 Å². The fraction of sp³-hybridized carbons (Fsp3) is 1.00. The van der Waals surface area contributed by atoms with Crippen molar-refractivity contribution in [3.05, 3.63) is 0 Å². The molecule has 0 aromatic heterocycles. The van der Waals surface area contributed by atoms with Gasteiger partial charge in [-0.05, 0) is 57.4 Å². The van der Waals surface area contributed by atoms with E-state index in [1.165, 1.54) is 44.9 Å². The number of hydrogen-bond donors (Lipinski definition) is 1. The summed E-state index contributed by atoms with van der Waals surface area (Å²) < 4.78 is 5.94. The highest BCUT2D eigenvalue weighted by Crippen LogP contribution is 2.25. The van der Waals surface area contributed by atoms with Gasteiger partial charge in [-0.25, -0.2) is 0 Å². The molecule has 0 radical (unpaired) electrons. The van der Waals surface area contributed by atoms with Crippen LogP contribution in [0.25, 0.3) is 0 Å². The number of rotatable bonds is 8. The van der Waals surface area contributed by atoms with Gasteiger partial charge in [0.2, 0.25) is 0 Å². The van der Waals surface area contributed by atoms with Crippen molar-refractivity contribution in [3.63, 3.8) is 0 Å². The topological polar surface area (TPSA) is 21.3 Å². The fourth-order valence-corrected chi connectivity index (χ4v) is 2.44. The SMILES string of the molecule is CC1CCC(OCCCCCNC(C)C)CC1. The maximum atomic E-state index is 5.94. The maximum Gasteiger partial charge on any atom is 0.0575 e. The molecule has 1 aliphatic carbocycles. The van der Waals surface area contributed by atoms with Gasteiger partial charge in [0.1, 0.15) is 0 Å². The summed E-state index contributed by atoms with van der Waals surface area (Å²) in [4.78, 5) is 0. The molecule has 1 N–H and O–H groups in total. The fourth-order valence-electron chi connectivity index (χ4n) is 2.44. The summed E-state index contributed by atoms with van der Waals surface area (Å²) in [6.07, 6.45) is 9.68. The second-order valence-corrected chi connectivity index (χ2v) is 5.92. The van der Waals surface area contributed by atoms with E-state index in [2.05, 4.69) is 26.1 Å². The highest BCUT2D eigenvalue weighted by molar-refractivity contribution is 4.69. The first-order valence-corrected chi connectivity index (χ1v) is 7.53. The summed E-state index contributed by atoms with van der Waals surface area (Å²) in [5.74, 6) is 0.928. The van der Waals surface area contributed by atoms with Crippen molar-refractivity contribution in [2.24, 2.45) is 5.92 Å². The van der Waals surface area contributed by atoms with Crippen molar-refractivity contribution in [1.82, 2.24) is 5.32 Å². The van der Waals surface area contributed by atoms with E-state index in [1.807, 2.05) is 0 Å². The lowest BCUT2D eigenvalue weighted by molar-refractivity contribution is 0.0179. The molecule has 0 aromatic rings. The summed E-state index contributed by atoms with van der Waals surface area (Å²) in [6.45, 7) is 8.89. The number of ether oxygens (including phenoxy) is 1. The molecule has 0 heterocycles. The van der Waals surface area contributed by atoms with Gasteiger partial charge < -0.3 is 10.1 Å². The first kappa shape index (κ1) is 15.0. The van der Waals surface area contributed by atoms with E-state index in [-0.39, 0.29) is 0 Å². The molecule has 17 heavy (non-hydrogen) atoms. The first-order chi connectivity index (χ1) is 8.18.